The number of hydrogen-bond donors (Lipinski definition) is 3. The number of nitrogens with two attached hydrogens (primary N) is 3. The van der Waals surface area contributed by atoms with Crippen molar-refractivity contribution in [2.45, 2.75) is 13.5 Å². The van der Waals surface area contributed by atoms with Gasteiger partial charge in [0.1, 0.15) is 24.0 Å². The van der Waals surface area contributed by atoms with E-state index >= 15 is 0 Å². The Balaban J connectivity index is 1.94. The van der Waals surface area contributed by atoms with Crippen LogP contribution in [0.5, 0.6) is 5.75 Å². The van der Waals surface area contributed by atoms with Crippen LogP contribution >= 0.6 is 23.2 Å². The van der Waals surface area contributed by atoms with Gasteiger partial charge in [0, 0.05) is 23.0 Å². The number of nitrogens with zero attached hydrogens (tertiary/aromatic N) is 3. The van der Waals surface area contributed by atoms with Gasteiger partial charge in [-0.3, -0.25) is 0 Å². The molecule has 6 N–H and O–H groups in total. The number of rotatable bonds is 6. The molecule has 0 bridgehead atoms. The minimum atomic E-state index is 0.120. The zero-order valence-electron chi connectivity index (χ0n) is 13.0. The third-order valence-corrected chi connectivity index (χ3v) is 3.52. The summed E-state index contributed by atoms with van der Waals surface area (Å²) in [7, 11) is 0. The van der Waals surface area contributed by atoms with Crippen LogP contribution in [0, 0.1) is 6.92 Å². The summed E-state index contributed by atoms with van der Waals surface area (Å²) in [6.45, 7) is 2.20. The van der Waals surface area contributed by atoms with Crippen LogP contribution in [0.4, 0.5) is 5.82 Å². The molecule has 0 radical (unpaired) electrons. The van der Waals surface area contributed by atoms with E-state index in [4.69, 9.17) is 45.2 Å². The molecule has 7 nitrogen and oxygen atoms in total. The van der Waals surface area contributed by atoms with Crippen molar-refractivity contribution in [1.82, 2.24) is 15.0 Å². The lowest BCUT2D eigenvalue weighted by molar-refractivity contribution is 0.335. The minimum absolute atomic E-state index is 0.120. The quantitative estimate of drug-likeness (QED) is 0.528. The predicted octanol–water partition coefficient (Wildman–Crippen LogP) is 2.23. The monoisotopic (exact) mass is 368 g/mol. The number of hydrogen-bond acceptors (Lipinski definition) is 7. The molecule has 0 aliphatic carbocycles. The van der Waals surface area contributed by atoms with Crippen molar-refractivity contribution in [2.75, 3.05) is 12.3 Å². The van der Waals surface area contributed by atoms with E-state index in [-0.39, 0.29) is 6.61 Å². The van der Waals surface area contributed by atoms with Crippen LogP contribution in [0.15, 0.2) is 36.3 Å². The van der Waals surface area contributed by atoms with Gasteiger partial charge in [0.25, 0.3) is 0 Å². The highest BCUT2D eigenvalue weighted by molar-refractivity contribution is 6.35. The van der Waals surface area contributed by atoms with Crippen LogP contribution in [0.2, 0.25) is 10.0 Å². The second kappa shape index (κ2) is 8.05. The first kappa shape index (κ1) is 18.1. The van der Waals surface area contributed by atoms with Crippen LogP contribution in [0.3, 0.4) is 0 Å². The number of hydrazine groups is 1. The Morgan fingerprint density at radius 1 is 1.38 bits per heavy atom. The molecule has 0 aliphatic rings. The van der Waals surface area contributed by atoms with Crippen molar-refractivity contribution >= 4 is 29.0 Å². The largest absolute Gasteiger partial charge is 0.486 e. The summed E-state index contributed by atoms with van der Waals surface area (Å²) in [6, 6.07) is 4.94. The maximum atomic E-state index is 6.02. The molecular weight excluding hydrogens is 351 g/mol. The molecule has 0 spiro atoms. The van der Waals surface area contributed by atoms with Gasteiger partial charge in [-0.2, -0.15) is 0 Å². The van der Waals surface area contributed by atoms with Crippen LogP contribution in [0.25, 0.3) is 0 Å². The summed E-state index contributed by atoms with van der Waals surface area (Å²) in [6.07, 6.45) is 3.18. The van der Waals surface area contributed by atoms with E-state index in [9.17, 15) is 0 Å². The topological polar surface area (TPSA) is 116 Å². The maximum Gasteiger partial charge on any atom is 0.138 e. The van der Waals surface area contributed by atoms with Gasteiger partial charge in [-0.1, -0.05) is 23.2 Å². The molecule has 128 valence electrons. The number of aryl methyl sites for hydroxylation is 1. The van der Waals surface area contributed by atoms with Gasteiger partial charge in [0.05, 0.1) is 17.3 Å². The fraction of sp³-hybridized carbons (Fsp3) is 0.200. The first-order chi connectivity index (χ1) is 11.3. The predicted molar refractivity (Wildman–Crippen MR) is 95.1 cm³/mol. The van der Waals surface area contributed by atoms with Crippen molar-refractivity contribution in [3.05, 3.63) is 57.7 Å². The van der Waals surface area contributed by atoms with Crippen molar-refractivity contribution in [3.63, 3.8) is 0 Å². The zero-order valence-corrected chi connectivity index (χ0v) is 14.6. The van der Waals surface area contributed by atoms with Gasteiger partial charge in [0.2, 0.25) is 0 Å². The van der Waals surface area contributed by atoms with E-state index in [1.165, 1.54) is 5.01 Å². The summed E-state index contributed by atoms with van der Waals surface area (Å²) in [4.78, 5) is 8.17. The van der Waals surface area contributed by atoms with E-state index < -0.39 is 0 Å². The van der Waals surface area contributed by atoms with Gasteiger partial charge in [-0.05, 0) is 25.1 Å². The Morgan fingerprint density at radius 2 is 2.12 bits per heavy atom. The van der Waals surface area contributed by atoms with Crippen LogP contribution in [-0.4, -0.2) is 21.6 Å². The highest BCUT2D eigenvalue weighted by Crippen LogP contribution is 2.27. The van der Waals surface area contributed by atoms with E-state index in [0.717, 1.165) is 0 Å². The van der Waals surface area contributed by atoms with Gasteiger partial charge >= 0.3 is 0 Å². The molecule has 0 unspecified atom stereocenters. The molecule has 0 fully saturated rings. The molecule has 24 heavy (non-hydrogen) atoms. The SMILES string of the molecule is Cc1ncc(CN(N)/C=C(\N)COc2ccc(Cl)cc2Cl)c(N)n1. The third kappa shape index (κ3) is 5.16. The fourth-order valence-electron chi connectivity index (χ4n) is 1.88. The number of anilines is 1. The summed E-state index contributed by atoms with van der Waals surface area (Å²) < 4.78 is 5.53. The highest BCUT2D eigenvalue weighted by Gasteiger charge is 2.06. The van der Waals surface area contributed by atoms with Gasteiger partial charge in [-0.25, -0.2) is 15.8 Å². The summed E-state index contributed by atoms with van der Waals surface area (Å²) in [5, 5.41) is 2.32. The smallest absolute Gasteiger partial charge is 0.138 e. The second-order valence-electron chi connectivity index (χ2n) is 5.07. The van der Waals surface area contributed by atoms with Crippen molar-refractivity contribution in [1.29, 1.82) is 0 Å². The lowest BCUT2D eigenvalue weighted by Crippen LogP contribution is -2.27. The van der Waals surface area contributed by atoms with Gasteiger partial charge in [-0.15, -0.1) is 0 Å². The molecule has 0 aliphatic heterocycles. The number of ether oxygens (including phenoxy) is 1. The van der Waals surface area contributed by atoms with Crippen molar-refractivity contribution in [3.8, 4) is 5.75 Å². The molecule has 0 atom stereocenters. The van der Waals surface area contributed by atoms with Crippen molar-refractivity contribution < 1.29 is 4.74 Å². The second-order valence-corrected chi connectivity index (χ2v) is 5.91. The van der Waals surface area contributed by atoms with E-state index in [1.807, 2.05) is 0 Å². The third-order valence-electron chi connectivity index (χ3n) is 2.99. The molecule has 0 saturated carbocycles. The summed E-state index contributed by atoms with van der Waals surface area (Å²) in [5.74, 6) is 7.37. The molecule has 1 heterocycles. The molecule has 0 amide bonds. The molecule has 1 aromatic heterocycles. The number of nitrogen functional groups attached to an aromatic ring is 1. The first-order valence-electron chi connectivity index (χ1n) is 6.98. The maximum absolute atomic E-state index is 6.02. The molecule has 9 heteroatoms. The highest BCUT2D eigenvalue weighted by atomic mass is 35.5. The van der Waals surface area contributed by atoms with E-state index in [1.54, 1.807) is 37.5 Å². The molecular formula is C15H18Cl2N6O. The Bertz CT molecular complexity index is 753. The number of aromatic nitrogens is 2. The van der Waals surface area contributed by atoms with Crippen molar-refractivity contribution in [2.24, 2.45) is 11.6 Å². The van der Waals surface area contributed by atoms with Crippen LogP contribution < -0.4 is 22.0 Å². The Morgan fingerprint density at radius 3 is 2.79 bits per heavy atom. The lowest BCUT2D eigenvalue weighted by atomic mass is 10.3. The van der Waals surface area contributed by atoms with E-state index in [2.05, 4.69) is 9.97 Å². The average Bonchev–Trinajstić information content (AvgIpc) is 2.49. The minimum Gasteiger partial charge on any atom is -0.486 e. The number of halogens is 2. The average molecular weight is 369 g/mol. The first-order valence-corrected chi connectivity index (χ1v) is 7.74. The number of benzene rings is 1. The zero-order chi connectivity index (χ0) is 17.7. The Hall–Kier alpha value is -2.22. The standard InChI is InChI=1S/C15H18Cl2N6O/c1-9-21-5-10(15(19)22-9)6-23(20)7-12(18)8-24-14-3-2-11(16)4-13(14)17/h2-5,7H,6,8,18,20H2,1H3,(H2,19,21,22)/b12-7-. The molecule has 0 saturated heterocycles. The Labute approximate surface area is 150 Å². The van der Waals surface area contributed by atoms with Crippen LogP contribution in [0.1, 0.15) is 11.4 Å². The fourth-order valence-corrected chi connectivity index (χ4v) is 2.34. The molecule has 2 aromatic rings. The van der Waals surface area contributed by atoms with Crippen LogP contribution in [-0.2, 0) is 6.54 Å². The summed E-state index contributed by atoms with van der Waals surface area (Å²) in [5.41, 5.74) is 12.8. The lowest BCUT2D eigenvalue weighted by Gasteiger charge is -2.16. The van der Waals surface area contributed by atoms with E-state index in [0.29, 0.717) is 45.2 Å². The molecule has 1 aromatic carbocycles. The Kier molecular flexibility index (Phi) is 6.08. The normalized spacial score (nSPS) is 11.4. The molecule has 2 rings (SSSR count). The summed E-state index contributed by atoms with van der Waals surface area (Å²) >= 11 is 11.9. The van der Waals surface area contributed by atoms with Gasteiger partial charge in [0.15, 0.2) is 0 Å². The van der Waals surface area contributed by atoms with Gasteiger partial charge < -0.3 is 21.2 Å².